The van der Waals surface area contributed by atoms with Crippen LogP contribution in [0.3, 0.4) is 0 Å². The van der Waals surface area contributed by atoms with Crippen molar-refractivity contribution in [2.24, 2.45) is 0 Å². The zero-order chi connectivity index (χ0) is 23.8. The third kappa shape index (κ3) is 4.17. The van der Waals surface area contributed by atoms with Crippen LogP contribution in [-0.2, 0) is 11.3 Å². The average molecular weight is 490 g/mol. The molecule has 7 nitrogen and oxygen atoms in total. The molecule has 2 aliphatic heterocycles. The van der Waals surface area contributed by atoms with Gasteiger partial charge in [-0.05, 0) is 36.4 Å². The van der Waals surface area contributed by atoms with E-state index in [9.17, 15) is 4.79 Å². The first-order valence-corrected chi connectivity index (χ1v) is 12.1. The van der Waals surface area contributed by atoms with Crippen LogP contribution in [0, 0.1) is 0 Å². The molecule has 1 fully saturated rings. The van der Waals surface area contributed by atoms with Gasteiger partial charge in [0, 0.05) is 30.6 Å². The second-order valence-electron chi connectivity index (χ2n) is 8.62. The zero-order valence-corrected chi connectivity index (χ0v) is 19.8. The normalized spacial score (nSPS) is 17.2. The molecule has 0 N–H and O–H groups in total. The molecule has 35 heavy (non-hydrogen) atoms. The van der Waals surface area contributed by atoms with Gasteiger partial charge in [0.05, 0.1) is 22.6 Å². The number of benzene rings is 3. The number of nitrogens with zero attached hydrogens (tertiary/aromatic N) is 3. The lowest BCUT2D eigenvalue weighted by molar-refractivity contribution is -0.117. The van der Waals surface area contributed by atoms with Crippen LogP contribution in [0.1, 0.15) is 18.2 Å². The summed E-state index contributed by atoms with van der Waals surface area (Å²) in [6.07, 6.45) is 0.392. The summed E-state index contributed by atoms with van der Waals surface area (Å²) in [5.41, 5.74) is 2.74. The van der Waals surface area contributed by atoms with Gasteiger partial charge in [-0.3, -0.25) is 4.79 Å². The minimum absolute atomic E-state index is 0.0385. The summed E-state index contributed by atoms with van der Waals surface area (Å²) < 4.78 is 19.5. The number of halogens is 1. The molecule has 1 saturated heterocycles. The van der Waals surface area contributed by atoms with Crippen molar-refractivity contribution in [3.05, 3.63) is 77.6 Å². The van der Waals surface area contributed by atoms with Gasteiger partial charge in [0.2, 0.25) is 5.91 Å². The molecule has 0 saturated carbocycles. The highest BCUT2D eigenvalue weighted by molar-refractivity contribution is 6.32. The summed E-state index contributed by atoms with van der Waals surface area (Å²) >= 11 is 6.25. The van der Waals surface area contributed by atoms with Gasteiger partial charge in [-0.25, -0.2) is 4.98 Å². The van der Waals surface area contributed by atoms with Gasteiger partial charge in [-0.1, -0.05) is 35.9 Å². The molecule has 0 spiro atoms. The maximum atomic E-state index is 13.1. The van der Waals surface area contributed by atoms with Gasteiger partial charge >= 0.3 is 0 Å². The molecular weight excluding hydrogens is 466 g/mol. The molecule has 0 bridgehead atoms. The van der Waals surface area contributed by atoms with E-state index in [0.29, 0.717) is 61.6 Å². The Kier molecular flexibility index (Phi) is 5.70. The van der Waals surface area contributed by atoms with Crippen LogP contribution in [0.2, 0.25) is 5.02 Å². The van der Waals surface area contributed by atoms with Crippen LogP contribution in [0.15, 0.2) is 66.7 Å². The summed E-state index contributed by atoms with van der Waals surface area (Å²) in [5, 5.41) is 0.583. The molecule has 8 heteroatoms. The topological polar surface area (TPSA) is 65.8 Å². The summed E-state index contributed by atoms with van der Waals surface area (Å²) in [4.78, 5) is 19.8. The fourth-order valence-electron chi connectivity index (χ4n) is 4.78. The summed E-state index contributed by atoms with van der Waals surface area (Å²) in [7, 11) is 0. The van der Waals surface area contributed by atoms with E-state index in [-0.39, 0.29) is 11.8 Å². The van der Waals surface area contributed by atoms with Crippen LogP contribution in [0.5, 0.6) is 17.2 Å². The number of aromatic nitrogens is 2. The van der Waals surface area contributed by atoms with Gasteiger partial charge in [-0.15, -0.1) is 0 Å². The van der Waals surface area contributed by atoms with Gasteiger partial charge in [0.25, 0.3) is 0 Å². The molecule has 1 amide bonds. The number of carbonyl (C=O) groups excluding carboxylic acids is 1. The minimum Gasteiger partial charge on any atom is -0.490 e. The molecule has 4 aromatic rings. The van der Waals surface area contributed by atoms with Gasteiger partial charge in [0.15, 0.2) is 11.5 Å². The van der Waals surface area contributed by atoms with Crippen molar-refractivity contribution in [2.45, 2.75) is 18.9 Å². The van der Waals surface area contributed by atoms with Crippen molar-refractivity contribution in [1.29, 1.82) is 0 Å². The Morgan fingerprint density at radius 3 is 2.69 bits per heavy atom. The Morgan fingerprint density at radius 2 is 1.80 bits per heavy atom. The van der Waals surface area contributed by atoms with Crippen molar-refractivity contribution < 1.29 is 19.0 Å². The van der Waals surface area contributed by atoms with Crippen LogP contribution >= 0.6 is 11.6 Å². The lowest BCUT2D eigenvalue weighted by Crippen LogP contribution is -2.25. The maximum absolute atomic E-state index is 13.1. The number of hydrogen-bond acceptors (Lipinski definition) is 5. The summed E-state index contributed by atoms with van der Waals surface area (Å²) in [6, 6.07) is 21.1. The van der Waals surface area contributed by atoms with E-state index in [1.807, 2.05) is 65.6 Å². The molecule has 1 unspecified atom stereocenters. The fraction of sp³-hybridized carbons (Fsp3) is 0.259. The Bertz CT molecular complexity index is 1400. The number of amides is 1. The largest absolute Gasteiger partial charge is 0.490 e. The second-order valence-corrected chi connectivity index (χ2v) is 9.03. The third-order valence-electron chi connectivity index (χ3n) is 6.42. The number of hydrogen-bond donors (Lipinski definition) is 0. The number of anilines is 1. The van der Waals surface area contributed by atoms with E-state index in [1.54, 1.807) is 0 Å². The monoisotopic (exact) mass is 489 g/mol. The van der Waals surface area contributed by atoms with Crippen LogP contribution in [0.4, 0.5) is 5.69 Å². The van der Waals surface area contributed by atoms with E-state index in [4.69, 9.17) is 30.8 Å². The molecule has 178 valence electrons. The van der Waals surface area contributed by atoms with Crippen LogP contribution < -0.4 is 19.1 Å². The number of fused-ring (bicyclic) bond motifs is 2. The highest BCUT2D eigenvalue weighted by Gasteiger charge is 2.35. The van der Waals surface area contributed by atoms with Gasteiger partial charge in [0.1, 0.15) is 31.4 Å². The summed E-state index contributed by atoms with van der Waals surface area (Å²) in [5.74, 6) is 2.96. The standard InChI is InChI=1S/C27H24ClN3O4/c28-20-5-1-4-8-23(20)33-12-11-30-22-7-3-2-6-21(22)29-27(30)18-15-26(32)31(17-18)19-9-10-24-25(16-19)35-14-13-34-24/h1-10,16,18H,11-15,17H2. The molecule has 6 rings (SSSR count). The van der Waals surface area contributed by atoms with E-state index in [1.165, 1.54) is 0 Å². The molecule has 0 radical (unpaired) electrons. The van der Waals surface area contributed by atoms with Crippen molar-refractivity contribution >= 4 is 34.2 Å². The molecule has 1 atom stereocenters. The first kappa shape index (κ1) is 21.8. The average Bonchev–Trinajstić information content (AvgIpc) is 3.45. The molecule has 1 aromatic heterocycles. The SMILES string of the molecule is O=C1CC(c2nc3ccccc3n2CCOc2ccccc2Cl)CN1c1ccc2c(c1)OCCO2. The van der Waals surface area contributed by atoms with Crippen molar-refractivity contribution in [3.8, 4) is 17.2 Å². The zero-order valence-electron chi connectivity index (χ0n) is 19.0. The maximum Gasteiger partial charge on any atom is 0.227 e. The Balaban J connectivity index is 1.26. The fourth-order valence-corrected chi connectivity index (χ4v) is 4.97. The smallest absolute Gasteiger partial charge is 0.227 e. The van der Waals surface area contributed by atoms with Gasteiger partial charge in [-0.2, -0.15) is 0 Å². The number of carbonyl (C=O) groups is 1. The Hall–Kier alpha value is -3.71. The van der Waals surface area contributed by atoms with Crippen LogP contribution in [-0.4, -0.2) is 41.8 Å². The molecule has 3 heterocycles. The molecular formula is C27H24ClN3O4. The van der Waals surface area contributed by atoms with Crippen molar-refractivity contribution in [2.75, 3.05) is 31.3 Å². The predicted octanol–water partition coefficient (Wildman–Crippen LogP) is 5.06. The van der Waals surface area contributed by atoms with E-state index >= 15 is 0 Å². The second kappa shape index (κ2) is 9.15. The number of rotatable bonds is 6. The lowest BCUT2D eigenvalue weighted by atomic mass is 10.1. The number of ether oxygens (including phenoxy) is 3. The molecule has 3 aromatic carbocycles. The van der Waals surface area contributed by atoms with E-state index < -0.39 is 0 Å². The first-order chi connectivity index (χ1) is 17.2. The van der Waals surface area contributed by atoms with Crippen molar-refractivity contribution in [1.82, 2.24) is 9.55 Å². The molecule has 0 aliphatic carbocycles. The minimum atomic E-state index is -0.0385. The molecule has 2 aliphatic rings. The highest BCUT2D eigenvalue weighted by Crippen LogP contribution is 2.38. The third-order valence-corrected chi connectivity index (χ3v) is 6.73. The first-order valence-electron chi connectivity index (χ1n) is 11.7. The quantitative estimate of drug-likeness (QED) is 0.379. The Labute approximate surface area is 207 Å². The summed E-state index contributed by atoms with van der Waals surface area (Å²) in [6.45, 7) is 2.62. The predicted molar refractivity (Wildman–Crippen MR) is 134 cm³/mol. The Morgan fingerprint density at radius 1 is 1.00 bits per heavy atom. The van der Waals surface area contributed by atoms with E-state index in [2.05, 4.69) is 10.6 Å². The van der Waals surface area contributed by atoms with E-state index in [0.717, 1.165) is 22.5 Å². The number of imidazole rings is 1. The van der Waals surface area contributed by atoms with Crippen LogP contribution in [0.25, 0.3) is 11.0 Å². The highest BCUT2D eigenvalue weighted by atomic mass is 35.5. The lowest BCUT2D eigenvalue weighted by Gasteiger charge is -2.22. The van der Waals surface area contributed by atoms with Crippen molar-refractivity contribution in [3.63, 3.8) is 0 Å². The van der Waals surface area contributed by atoms with Gasteiger partial charge < -0.3 is 23.7 Å². The number of para-hydroxylation sites is 3.